The van der Waals surface area contributed by atoms with E-state index in [1.165, 1.54) is 44.5 Å². The summed E-state index contributed by atoms with van der Waals surface area (Å²) < 4.78 is 0. The zero-order chi connectivity index (χ0) is 37.7. The summed E-state index contributed by atoms with van der Waals surface area (Å²) in [5, 5.41) is 10.0. The van der Waals surface area contributed by atoms with E-state index in [1.54, 1.807) is 0 Å². The van der Waals surface area contributed by atoms with E-state index >= 15 is 0 Å². The summed E-state index contributed by atoms with van der Waals surface area (Å²) in [4.78, 5) is 0. The lowest BCUT2D eigenvalue weighted by molar-refractivity contribution is 1.48. The minimum atomic E-state index is 0.640. The van der Waals surface area contributed by atoms with Crippen molar-refractivity contribution < 1.29 is 0 Å². The highest BCUT2D eigenvalue weighted by atomic mass is 14.2. The van der Waals surface area contributed by atoms with Gasteiger partial charge in [-0.1, -0.05) is 188 Å². The second-order valence-corrected chi connectivity index (χ2v) is 14.1. The average molecular weight is 712 g/mol. The van der Waals surface area contributed by atoms with E-state index in [1.807, 2.05) is 24.3 Å². The first-order valence-corrected chi connectivity index (χ1v) is 19.0. The van der Waals surface area contributed by atoms with Crippen LogP contribution < -0.4 is 0 Å². The monoisotopic (exact) mass is 711 g/mol. The number of hydrogen-bond acceptors (Lipinski definition) is 1. The lowest BCUT2D eigenvalue weighted by Gasteiger charge is -2.11. The molecule has 0 aliphatic rings. The number of nitriles is 1. The molecule has 0 amide bonds. The van der Waals surface area contributed by atoms with E-state index in [0.29, 0.717) is 5.56 Å². The van der Waals surface area contributed by atoms with Gasteiger partial charge in [0.1, 0.15) is 0 Å². The molecule has 0 aliphatic carbocycles. The van der Waals surface area contributed by atoms with Gasteiger partial charge in [0, 0.05) is 0 Å². The van der Waals surface area contributed by atoms with Gasteiger partial charge in [0.15, 0.2) is 0 Å². The summed E-state index contributed by atoms with van der Waals surface area (Å²) >= 11 is 0. The van der Waals surface area contributed by atoms with Crippen molar-refractivity contribution in [2.45, 2.75) is 0 Å². The smallest absolute Gasteiger partial charge is 0.0992 e. The third kappa shape index (κ3) is 7.33. The minimum absolute atomic E-state index is 0.640. The van der Waals surface area contributed by atoms with Gasteiger partial charge < -0.3 is 0 Å². The van der Waals surface area contributed by atoms with Gasteiger partial charge in [-0.05, 0) is 125 Å². The maximum Gasteiger partial charge on any atom is 0.0992 e. The Morgan fingerprint density at radius 1 is 0.196 bits per heavy atom. The molecule has 0 radical (unpaired) electrons. The summed E-state index contributed by atoms with van der Waals surface area (Å²) in [5.41, 5.74) is 19.0. The predicted molar refractivity (Wildman–Crippen MR) is 235 cm³/mol. The fraction of sp³-hybridized carbons (Fsp3) is 0. The van der Waals surface area contributed by atoms with Crippen LogP contribution in [0.25, 0.3) is 89.0 Å². The van der Waals surface area contributed by atoms with Crippen molar-refractivity contribution >= 4 is 0 Å². The highest BCUT2D eigenvalue weighted by molar-refractivity contribution is 5.82. The van der Waals surface area contributed by atoms with Gasteiger partial charge in [-0.2, -0.15) is 5.26 Å². The topological polar surface area (TPSA) is 23.8 Å². The van der Waals surface area contributed by atoms with Gasteiger partial charge in [0.05, 0.1) is 11.6 Å². The summed E-state index contributed by atoms with van der Waals surface area (Å²) in [6, 6.07) is 81.8. The Balaban J connectivity index is 0.953. The molecule has 0 spiro atoms. The molecule has 0 saturated carbocycles. The first-order valence-electron chi connectivity index (χ1n) is 19.0. The third-order valence-corrected chi connectivity index (χ3v) is 10.5. The van der Waals surface area contributed by atoms with E-state index in [0.717, 1.165) is 44.5 Å². The molecular weight excluding hydrogens is 675 g/mol. The standard InChI is InChI=1S/C55H37N/c56-38-39-32-54(37-55(33-39)53-19-9-16-50(36-53)45-26-22-43(23-27-45)41-12-5-2-6-13-41)47-30-28-46(29-31-47)49-15-8-18-52(35-49)51-17-7-14-48(34-51)44-24-20-42(21-25-44)40-10-3-1-4-11-40/h1-37H. The van der Waals surface area contributed by atoms with Crippen LogP contribution in [0, 0.1) is 11.3 Å². The largest absolute Gasteiger partial charge is 0.192 e. The summed E-state index contributed by atoms with van der Waals surface area (Å²) in [7, 11) is 0. The minimum Gasteiger partial charge on any atom is -0.192 e. The molecule has 9 aromatic carbocycles. The van der Waals surface area contributed by atoms with Crippen molar-refractivity contribution in [1.29, 1.82) is 5.26 Å². The summed E-state index contributed by atoms with van der Waals surface area (Å²) in [6.07, 6.45) is 0. The van der Waals surface area contributed by atoms with E-state index in [4.69, 9.17) is 0 Å². The molecule has 0 aliphatic heterocycles. The van der Waals surface area contributed by atoms with Crippen molar-refractivity contribution in [3.05, 3.63) is 230 Å². The van der Waals surface area contributed by atoms with E-state index in [9.17, 15) is 5.26 Å². The van der Waals surface area contributed by atoms with Crippen molar-refractivity contribution in [1.82, 2.24) is 0 Å². The fourth-order valence-corrected chi connectivity index (χ4v) is 7.49. The number of rotatable bonds is 8. The molecule has 0 saturated heterocycles. The normalized spacial score (nSPS) is 10.8. The highest BCUT2D eigenvalue weighted by Gasteiger charge is 2.10. The maximum atomic E-state index is 10.0. The Morgan fingerprint density at radius 3 is 0.750 bits per heavy atom. The SMILES string of the molecule is N#Cc1cc(-c2ccc(-c3cccc(-c4cccc(-c5ccc(-c6ccccc6)cc5)c4)c3)cc2)cc(-c2cccc(-c3ccc(-c4ccccc4)cc3)c2)c1. The van der Waals surface area contributed by atoms with E-state index < -0.39 is 0 Å². The van der Waals surface area contributed by atoms with Crippen molar-refractivity contribution in [3.8, 4) is 95.1 Å². The molecule has 262 valence electrons. The Labute approximate surface area is 329 Å². The van der Waals surface area contributed by atoms with Crippen LogP contribution in [-0.2, 0) is 0 Å². The molecule has 0 fully saturated rings. The quantitative estimate of drug-likeness (QED) is 0.154. The third-order valence-electron chi connectivity index (χ3n) is 10.5. The van der Waals surface area contributed by atoms with Gasteiger partial charge in [-0.15, -0.1) is 0 Å². The molecule has 0 bridgehead atoms. The van der Waals surface area contributed by atoms with Crippen LogP contribution in [0.4, 0.5) is 0 Å². The van der Waals surface area contributed by atoms with E-state index in [-0.39, 0.29) is 0 Å². The molecule has 9 rings (SSSR count). The van der Waals surface area contributed by atoms with Crippen LogP contribution in [-0.4, -0.2) is 0 Å². The van der Waals surface area contributed by atoms with Crippen LogP contribution in [0.15, 0.2) is 224 Å². The molecule has 9 aromatic rings. The second-order valence-electron chi connectivity index (χ2n) is 14.1. The lowest BCUT2D eigenvalue weighted by atomic mass is 9.93. The zero-order valence-corrected chi connectivity index (χ0v) is 30.8. The summed E-state index contributed by atoms with van der Waals surface area (Å²) in [6.45, 7) is 0. The number of nitrogens with zero attached hydrogens (tertiary/aromatic N) is 1. The Kier molecular flexibility index (Phi) is 9.45. The molecule has 0 N–H and O–H groups in total. The molecule has 1 heteroatoms. The van der Waals surface area contributed by atoms with E-state index in [2.05, 4.69) is 206 Å². The van der Waals surface area contributed by atoms with Crippen LogP contribution in [0.5, 0.6) is 0 Å². The average Bonchev–Trinajstić information content (AvgIpc) is 3.30. The van der Waals surface area contributed by atoms with Crippen molar-refractivity contribution in [2.24, 2.45) is 0 Å². The zero-order valence-electron chi connectivity index (χ0n) is 30.8. The maximum absolute atomic E-state index is 10.0. The molecule has 0 atom stereocenters. The van der Waals surface area contributed by atoms with Crippen LogP contribution in [0.1, 0.15) is 5.56 Å². The number of hydrogen-bond donors (Lipinski definition) is 0. The van der Waals surface area contributed by atoms with Gasteiger partial charge in [0.25, 0.3) is 0 Å². The fourth-order valence-electron chi connectivity index (χ4n) is 7.49. The number of benzene rings is 9. The molecule has 1 nitrogen and oxygen atoms in total. The van der Waals surface area contributed by atoms with Crippen LogP contribution in [0.2, 0.25) is 0 Å². The van der Waals surface area contributed by atoms with Crippen LogP contribution in [0.3, 0.4) is 0 Å². The molecule has 56 heavy (non-hydrogen) atoms. The Hall–Kier alpha value is -7.53. The van der Waals surface area contributed by atoms with Gasteiger partial charge in [-0.3, -0.25) is 0 Å². The predicted octanol–water partition coefficient (Wildman–Crippen LogP) is 14.9. The Bertz CT molecular complexity index is 2810. The van der Waals surface area contributed by atoms with Crippen molar-refractivity contribution in [2.75, 3.05) is 0 Å². The van der Waals surface area contributed by atoms with Gasteiger partial charge in [0.2, 0.25) is 0 Å². The van der Waals surface area contributed by atoms with Crippen LogP contribution >= 0.6 is 0 Å². The van der Waals surface area contributed by atoms with Gasteiger partial charge in [-0.25, -0.2) is 0 Å². The molecule has 0 aromatic heterocycles. The first kappa shape index (κ1) is 34.3. The molecule has 0 heterocycles. The summed E-state index contributed by atoms with van der Waals surface area (Å²) in [5.74, 6) is 0. The molecule has 0 unspecified atom stereocenters. The van der Waals surface area contributed by atoms with Crippen molar-refractivity contribution in [3.63, 3.8) is 0 Å². The highest BCUT2D eigenvalue weighted by Crippen LogP contribution is 2.35. The lowest BCUT2D eigenvalue weighted by Crippen LogP contribution is -1.87. The van der Waals surface area contributed by atoms with Gasteiger partial charge >= 0.3 is 0 Å². The molecular formula is C55H37N. The second kappa shape index (κ2) is 15.4. The Morgan fingerprint density at radius 2 is 0.411 bits per heavy atom. The first-order chi connectivity index (χ1) is 27.7.